The lowest BCUT2D eigenvalue weighted by Crippen LogP contribution is -2.27. The SMILES string of the molecule is CC1(c2ccoc2)CC1(CN)CO. The fraction of sp³-hybridized carbons (Fsp3) is 0.600. The van der Waals surface area contributed by atoms with Gasteiger partial charge < -0.3 is 15.3 Å². The summed E-state index contributed by atoms with van der Waals surface area (Å²) < 4.78 is 5.04. The number of aliphatic hydroxyl groups is 1. The van der Waals surface area contributed by atoms with Crippen LogP contribution in [0.25, 0.3) is 0 Å². The van der Waals surface area contributed by atoms with E-state index >= 15 is 0 Å². The van der Waals surface area contributed by atoms with E-state index in [9.17, 15) is 5.11 Å². The second-order valence-corrected chi connectivity index (χ2v) is 4.16. The van der Waals surface area contributed by atoms with Crippen LogP contribution in [-0.2, 0) is 5.41 Å². The van der Waals surface area contributed by atoms with E-state index in [1.807, 2.05) is 6.07 Å². The van der Waals surface area contributed by atoms with Crippen LogP contribution in [0.15, 0.2) is 23.0 Å². The van der Waals surface area contributed by atoms with Gasteiger partial charge in [-0.25, -0.2) is 0 Å². The van der Waals surface area contributed by atoms with Crippen molar-refractivity contribution in [2.24, 2.45) is 11.1 Å². The maximum Gasteiger partial charge on any atom is 0.0940 e. The van der Waals surface area contributed by atoms with E-state index < -0.39 is 0 Å². The summed E-state index contributed by atoms with van der Waals surface area (Å²) in [4.78, 5) is 0. The van der Waals surface area contributed by atoms with Crippen LogP contribution in [0.3, 0.4) is 0 Å². The highest BCUT2D eigenvalue weighted by Crippen LogP contribution is 2.63. The van der Waals surface area contributed by atoms with Crippen LogP contribution < -0.4 is 5.73 Å². The van der Waals surface area contributed by atoms with Crippen LogP contribution in [-0.4, -0.2) is 18.3 Å². The molecule has 1 aliphatic carbocycles. The Morgan fingerprint density at radius 3 is 2.85 bits per heavy atom. The predicted molar refractivity (Wildman–Crippen MR) is 49.3 cm³/mol. The molecule has 0 saturated heterocycles. The second-order valence-electron chi connectivity index (χ2n) is 4.16. The Labute approximate surface area is 77.5 Å². The van der Waals surface area contributed by atoms with Crippen molar-refractivity contribution < 1.29 is 9.52 Å². The zero-order valence-electron chi connectivity index (χ0n) is 7.79. The number of nitrogens with two attached hydrogens (primary N) is 1. The molecule has 2 unspecified atom stereocenters. The van der Waals surface area contributed by atoms with Gasteiger partial charge in [-0.2, -0.15) is 0 Å². The van der Waals surface area contributed by atoms with Gasteiger partial charge >= 0.3 is 0 Å². The van der Waals surface area contributed by atoms with Crippen LogP contribution in [0.2, 0.25) is 0 Å². The van der Waals surface area contributed by atoms with Crippen LogP contribution >= 0.6 is 0 Å². The molecule has 0 spiro atoms. The average Bonchev–Trinajstić information content (AvgIpc) is 2.58. The van der Waals surface area contributed by atoms with Crippen molar-refractivity contribution in [3.8, 4) is 0 Å². The maximum absolute atomic E-state index is 9.28. The summed E-state index contributed by atoms with van der Waals surface area (Å²) in [6, 6.07) is 1.95. The van der Waals surface area contributed by atoms with Crippen molar-refractivity contribution in [2.75, 3.05) is 13.2 Å². The Hall–Kier alpha value is -0.800. The first-order valence-electron chi connectivity index (χ1n) is 4.52. The Morgan fingerprint density at radius 1 is 1.69 bits per heavy atom. The first-order chi connectivity index (χ1) is 6.18. The minimum Gasteiger partial charge on any atom is -0.472 e. The summed E-state index contributed by atoms with van der Waals surface area (Å²) in [5.41, 5.74) is 6.72. The van der Waals surface area contributed by atoms with Gasteiger partial charge in [0.05, 0.1) is 19.1 Å². The second kappa shape index (κ2) is 2.59. The van der Waals surface area contributed by atoms with Gasteiger partial charge in [-0.15, -0.1) is 0 Å². The molecule has 0 amide bonds. The van der Waals surface area contributed by atoms with Crippen molar-refractivity contribution in [3.05, 3.63) is 24.2 Å². The third-order valence-electron chi connectivity index (χ3n) is 3.59. The summed E-state index contributed by atoms with van der Waals surface area (Å²) in [6.07, 6.45) is 4.36. The standard InChI is InChI=1S/C10H15NO2/c1-9(8-2-3-13-4-8)5-10(9,6-11)7-12/h2-4,12H,5-7,11H2,1H3. The van der Waals surface area contributed by atoms with Crippen LogP contribution in [0.4, 0.5) is 0 Å². The molecule has 2 rings (SSSR count). The van der Waals surface area contributed by atoms with Gasteiger partial charge in [0.15, 0.2) is 0 Å². The van der Waals surface area contributed by atoms with E-state index in [-0.39, 0.29) is 17.4 Å². The summed E-state index contributed by atoms with van der Waals surface area (Å²) in [5, 5.41) is 9.28. The molecular weight excluding hydrogens is 166 g/mol. The molecule has 1 aromatic heterocycles. The average molecular weight is 181 g/mol. The molecule has 72 valence electrons. The number of hydrogen-bond donors (Lipinski definition) is 2. The minimum absolute atomic E-state index is 0.0174. The summed E-state index contributed by atoms with van der Waals surface area (Å²) >= 11 is 0. The number of hydrogen-bond acceptors (Lipinski definition) is 3. The molecule has 0 bridgehead atoms. The molecule has 1 aliphatic rings. The third-order valence-corrected chi connectivity index (χ3v) is 3.59. The Bertz CT molecular complexity index is 290. The molecular formula is C10H15NO2. The first kappa shape index (κ1) is 8.78. The lowest BCUT2D eigenvalue weighted by atomic mass is 9.90. The molecule has 0 aromatic carbocycles. The first-order valence-corrected chi connectivity index (χ1v) is 4.52. The van der Waals surface area contributed by atoms with Gasteiger partial charge in [-0.1, -0.05) is 6.92 Å². The van der Waals surface area contributed by atoms with Gasteiger partial charge in [-0.05, 0) is 18.1 Å². The zero-order valence-corrected chi connectivity index (χ0v) is 7.79. The van der Waals surface area contributed by atoms with Crippen molar-refractivity contribution in [1.82, 2.24) is 0 Å². The number of aliphatic hydroxyl groups excluding tert-OH is 1. The normalized spacial score (nSPS) is 37.8. The molecule has 3 heteroatoms. The molecule has 0 radical (unpaired) electrons. The van der Waals surface area contributed by atoms with Gasteiger partial charge in [0.25, 0.3) is 0 Å². The van der Waals surface area contributed by atoms with E-state index in [0.29, 0.717) is 6.54 Å². The predicted octanol–water partition coefficient (Wildman–Crippen LogP) is 0.878. The van der Waals surface area contributed by atoms with E-state index in [0.717, 1.165) is 12.0 Å². The molecule has 3 nitrogen and oxygen atoms in total. The number of rotatable bonds is 3. The largest absolute Gasteiger partial charge is 0.472 e. The van der Waals surface area contributed by atoms with Gasteiger partial charge in [-0.3, -0.25) is 0 Å². The third kappa shape index (κ3) is 0.974. The van der Waals surface area contributed by atoms with Crippen molar-refractivity contribution in [3.63, 3.8) is 0 Å². The zero-order chi connectivity index (χ0) is 9.53. The minimum atomic E-state index is -0.114. The van der Waals surface area contributed by atoms with Crippen LogP contribution in [0.5, 0.6) is 0 Å². The Balaban J connectivity index is 2.27. The van der Waals surface area contributed by atoms with E-state index in [2.05, 4.69) is 6.92 Å². The van der Waals surface area contributed by atoms with E-state index in [4.69, 9.17) is 10.2 Å². The molecule has 13 heavy (non-hydrogen) atoms. The summed E-state index contributed by atoms with van der Waals surface area (Å²) in [7, 11) is 0. The smallest absolute Gasteiger partial charge is 0.0940 e. The quantitative estimate of drug-likeness (QED) is 0.727. The van der Waals surface area contributed by atoms with Crippen molar-refractivity contribution in [1.29, 1.82) is 0 Å². The fourth-order valence-corrected chi connectivity index (χ4v) is 2.21. The van der Waals surface area contributed by atoms with Crippen LogP contribution in [0.1, 0.15) is 18.9 Å². The monoisotopic (exact) mass is 181 g/mol. The fourth-order valence-electron chi connectivity index (χ4n) is 2.21. The molecule has 0 aliphatic heterocycles. The highest BCUT2D eigenvalue weighted by atomic mass is 16.3. The number of furan rings is 1. The van der Waals surface area contributed by atoms with E-state index in [1.54, 1.807) is 12.5 Å². The summed E-state index contributed by atoms with van der Waals surface area (Å²) in [6.45, 7) is 2.82. The maximum atomic E-state index is 9.28. The van der Waals surface area contributed by atoms with Gasteiger partial charge in [0, 0.05) is 17.4 Å². The van der Waals surface area contributed by atoms with Crippen molar-refractivity contribution >= 4 is 0 Å². The molecule has 2 atom stereocenters. The van der Waals surface area contributed by atoms with Gasteiger partial charge in [0.2, 0.25) is 0 Å². The molecule has 1 aromatic rings. The lowest BCUT2D eigenvalue weighted by molar-refractivity contribution is 0.198. The highest BCUT2D eigenvalue weighted by Gasteiger charge is 2.64. The Morgan fingerprint density at radius 2 is 2.46 bits per heavy atom. The topological polar surface area (TPSA) is 59.4 Å². The molecule has 1 saturated carbocycles. The van der Waals surface area contributed by atoms with Crippen molar-refractivity contribution in [2.45, 2.75) is 18.8 Å². The van der Waals surface area contributed by atoms with E-state index in [1.165, 1.54) is 0 Å². The Kier molecular flexibility index (Phi) is 1.75. The lowest BCUT2D eigenvalue weighted by Gasteiger charge is -2.17. The van der Waals surface area contributed by atoms with Crippen LogP contribution in [0, 0.1) is 5.41 Å². The molecule has 1 fully saturated rings. The van der Waals surface area contributed by atoms with Gasteiger partial charge in [0.1, 0.15) is 0 Å². The molecule has 3 N–H and O–H groups in total. The molecule has 1 heterocycles. The summed E-state index contributed by atoms with van der Waals surface area (Å²) in [5.74, 6) is 0. The highest BCUT2D eigenvalue weighted by molar-refractivity contribution is 5.35.